The number of unbranched alkanes of at least 4 members (excludes halogenated alkanes) is 7. The van der Waals surface area contributed by atoms with Crippen molar-refractivity contribution in [3.63, 3.8) is 0 Å². The summed E-state index contributed by atoms with van der Waals surface area (Å²) in [7, 11) is 0. The molecule has 0 atom stereocenters. The van der Waals surface area contributed by atoms with Crippen LogP contribution in [-0.2, 0) is 6.42 Å². The van der Waals surface area contributed by atoms with Crippen LogP contribution in [0.1, 0.15) is 63.9 Å². The molecule has 1 nitrogen and oxygen atoms in total. The minimum atomic E-state index is 0.931. The summed E-state index contributed by atoms with van der Waals surface area (Å²) in [4.78, 5) is 0. The Hall–Kier alpha value is 0.480. The van der Waals surface area contributed by atoms with Crippen molar-refractivity contribution in [2.75, 3.05) is 5.73 Å². The molecule has 0 saturated heterocycles. The average molecular weight is 485 g/mol. The van der Waals surface area contributed by atoms with E-state index in [4.69, 9.17) is 5.73 Å². The third kappa shape index (κ3) is 7.16. The van der Waals surface area contributed by atoms with Gasteiger partial charge in [0.1, 0.15) is 0 Å². The largest absolute Gasteiger partial charge is 0.397 e. The van der Waals surface area contributed by atoms with Gasteiger partial charge in [0, 0.05) is 7.14 Å². The van der Waals surface area contributed by atoms with Gasteiger partial charge < -0.3 is 5.73 Å². The van der Waals surface area contributed by atoms with Crippen molar-refractivity contribution in [1.82, 2.24) is 0 Å². The van der Waals surface area contributed by atoms with E-state index < -0.39 is 0 Å². The molecule has 0 aliphatic heterocycles. The molecule has 0 saturated carbocycles. The minimum absolute atomic E-state index is 0.931. The van der Waals surface area contributed by atoms with Gasteiger partial charge in [-0.05, 0) is 75.7 Å². The van der Waals surface area contributed by atoms with Crippen LogP contribution in [0.25, 0.3) is 0 Å². The second-order valence-electron chi connectivity index (χ2n) is 5.20. The molecule has 0 bridgehead atoms. The van der Waals surface area contributed by atoms with Crippen molar-refractivity contribution >= 4 is 50.9 Å². The molecule has 0 aliphatic carbocycles. The number of aryl methyl sites for hydroxylation is 1. The Balaban J connectivity index is 2.16. The fraction of sp³-hybridized carbons (Fsp3) is 0.625. The van der Waals surface area contributed by atoms with E-state index in [-0.39, 0.29) is 0 Å². The maximum Gasteiger partial charge on any atom is 0.0585 e. The number of halogens is 2. The molecular weight excluding hydrogens is 460 g/mol. The lowest BCUT2D eigenvalue weighted by molar-refractivity contribution is 0.575. The van der Waals surface area contributed by atoms with Crippen molar-refractivity contribution < 1.29 is 0 Å². The zero-order chi connectivity index (χ0) is 14.1. The van der Waals surface area contributed by atoms with E-state index in [1.165, 1.54) is 70.5 Å². The van der Waals surface area contributed by atoms with Gasteiger partial charge in [-0.25, -0.2) is 0 Å². The molecular formula is C16H25I2N. The molecule has 0 aliphatic rings. The molecule has 0 spiro atoms. The Labute approximate surface area is 145 Å². The number of hydrogen-bond acceptors (Lipinski definition) is 1. The lowest BCUT2D eigenvalue weighted by atomic mass is 10.0. The van der Waals surface area contributed by atoms with Crippen LogP contribution in [0.5, 0.6) is 0 Å². The van der Waals surface area contributed by atoms with Gasteiger partial charge in [0.2, 0.25) is 0 Å². The molecule has 0 aromatic heterocycles. The van der Waals surface area contributed by atoms with Crippen molar-refractivity contribution in [2.24, 2.45) is 0 Å². The van der Waals surface area contributed by atoms with Crippen molar-refractivity contribution in [3.8, 4) is 0 Å². The molecule has 0 unspecified atom stereocenters. The zero-order valence-electron chi connectivity index (χ0n) is 11.9. The molecule has 1 aromatic rings. The highest BCUT2D eigenvalue weighted by Gasteiger charge is 2.03. The standard InChI is InChI=1S/C16H25I2N/c1-2-3-4-5-6-7-8-9-10-13-11-14(17)16(19)15(18)12-13/h11-12H,2-10,19H2,1H3. The second-order valence-corrected chi connectivity index (χ2v) is 7.52. The van der Waals surface area contributed by atoms with Gasteiger partial charge in [-0.2, -0.15) is 0 Å². The predicted molar refractivity (Wildman–Crippen MR) is 103 cm³/mol. The van der Waals surface area contributed by atoms with Crippen LogP contribution in [0.4, 0.5) is 5.69 Å². The number of hydrogen-bond donors (Lipinski definition) is 1. The highest BCUT2D eigenvalue weighted by molar-refractivity contribution is 14.1. The first-order chi connectivity index (χ1) is 9.15. The third-order valence-corrected chi connectivity index (χ3v) is 5.24. The lowest BCUT2D eigenvalue weighted by Crippen LogP contribution is -1.96. The van der Waals surface area contributed by atoms with E-state index in [9.17, 15) is 0 Å². The summed E-state index contributed by atoms with van der Waals surface area (Å²) >= 11 is 4.67. The predicted octanol–water partition coefficient (Wildman–Crippen LogP) is 6.16. The molecule has 0 fully saturated rings. The molecule has 3 heteroatoms. The number of benzene rings is 1. The fourth-order valence-corrected chi connectivity index (χ4v) is 4.14. The van der Waals surface area contributed by atoms with Gasteiger partial charge in [-0.3, -0.25) is 0 Å². The third-order valence-electron chi connectivity index (χ3n) is 3.46. The van der Waals surface area contributed by atoms with Gasteiger partial charge in [0.05, 0.1) is 5.69 Å². The van der Waals surface area contributed by atoms with Crippen molar-refractivity contribution in [1.29, 1.82) is 0 Å². The maximum atomic E-state index is 5.97. The number of nitrogen functional groups attached to an aromatic ring is 1. The van der Waals surface area contributed by atoms with Gasteiger partial charge in [-0.15, -0.1) is 0 Å². The van der Waals surface area contributed by atoms with Gasteiger partial charge in [0.15, 0.2) is 0 Å². The summed E-state index contributed by atoms with van der Waals surface area (Å²) < 4.78 is 2.39. The van der Waals surface area contributed by atoms with Gasteiger partial charge in [-0.1, -0.05) is 51.9 Å². The highest BCUT2D eigenvalue weighted by Crippen LogP contribution is 2.24. The second kappa shape index (κ2) is 10.2. The number of anilines is 1. The molecule has 0 radical (unpaired) electrons. The SMILES string of the molecule is CCCCCCCCCCc1cc(I)c(N)c(I)c1. The summed E-state index contributed by atoms with van der Waals surface area (Å²) in [5.74, 6) is 0. The summed E-state index contributed by atoms with van der Waals surface area (Å²) in [6, 6.07) is 4.47. The topological polar surface area (TPSA) is 26.0 Å². The zero-order valence-corrected chi connectivity index (χ0v) is 16.2. The molecule has 19 heavy (non-hydrogen) atoms. The Morgan fingerprint density at radius 2 is 1.32 bits per heavy atom. The van der Waals surface area contributed by atoms with E-state index in [2.05, 4.69) is 64.2 Å². The molecule has 0 amide bonds. The first-order valence-electron chi connectivity index (χ1n) is 7.38. The molecule has 0 heterocycles. The van der Waals surface area contributed by atoms with Crippen molar-refractivity contribution in [2.45, 2.75) is 64.7 Å². The monoisotopic (exact) mass is 485 g/mol. The Morgan fingerprint density at radius 1 is 0.842 bits per heavy atom. The molecule has 2 N–H and O–H groups in total. The fourth-order valence-electron chi connectivity index (χ4n) is 2.24. The summed E-state index contributed by atoms with van der Waals surface area (Å²) in [6.07, 6.45) is 12.3. The quantitative estimate of drug-likeness (QED) is 0.253. The Morgan fingerprint density at radius 3 is 1.84 bits per heavy atom. The van der Waals surface area contributed by atoms with Crippen LogP contribution in [0.15, 0.2) is 12.1 Å². The van der Waals surface area contributed by atoms with Gasteiger partial charge >= 0.3 is 0 Å². The molecule has 1 aromatic carbocycles. The minimum Gasteiger partial charge on any atom is -0.397 e. The summed E-state index contributed by atoms with van der Waals surface area (Å²) in [6.45, 7) is 2.27. The van der Waals surface area contributed by atoms with Crippen LogP contribution < -0.4 is 5.73 Å². The van der Waals surface area contributed by atoms with Crippen LogP contribution in [0.3, 0.4) is 0 Å². The normalized spacial score (nSPS) is 10.9. The van der Waals surface area contributed by atoms with Crippen LogP contribution in [0.2, 0.25) is 0 Å². The highest BCUT2D eigenvalue weighted by atomic mass is 127. The smallest absolute Gasteiger partial charge is 0.0585 e. The summed E-state index contributed by atoms with van der Waals surface area (Å²) in [5.41, 5.74) is 8.34. The van der Waals surface area contributed by atoms with E-state index in [0.717, 1.165) is 5.69 Å². The lowest BCUT2D eigenvalue weighted by Gasteiger charge is -2.07. The Bertz CT molecular complexity index is 354. The number of nitrogens with two attached hydrogens (primary N) is 1. The van der Waals surface area contributed by atoms with E-state index >= 15 is 0 Å². The van der Waals surface area contributed by atoms with E-state index in [0.29, 0.717) is 0 Å². The van der Waals surface area contributed by atoms with Crippen molar-refractivity contribution in [3.05, 3.63) is 24.8 Å². The first kappa shape index (κ1) is 17.5. The van der Waals surface area contributed by atoms with Crippen LogP contribution >= 0.6 is 45.2 Å². The molecule has 108 valence electrons. The average Bonchev–Trinajstić information content (AvgIpc) is 2.39. The first-order valence-corrected chi connectivity index (χ1v) is 9.54. The molecule has 1 rings (SSSR count). The van der Waals surface area contributed by atoms with Crippen LogP contribution in [0, 0.1) is 7.14 Å². The summed E-state index contributed by atoms with van der Waals surface area (Å²) in [5, 5.41) is 0. The number of rotatable bonds is 9. The maximum absolute atomic E-state index is 5.97. The Kier molecular flexibility index (Phi) is 9.45. The van der Waals surface area contributed by atoms with Gasteiger partial charge in [0.25, 0.3) is 0 Å². The van der Waals surface area contributed by atoms with E-state index in [1.54, 1.807) is 0 Å². The van der Waals surface area contributed by atoms with Crippen LogP contribution in [-0.4, -0.2) is 0 Å². The van der Waals surface area contributed by atoms with E-state index in [1.807, 2.05) is 0 Å².